The maximum atomic E-state index is 13.6. The molecule has 1 unspecified atom stereocenters. The second-order valence-corrected chi connectivity index (χ2v) is 4.95. The highest BCUT2D eigenvalue weighted by Crippen LogP contribution is 2.19. The number of amides is 1. The van der Waals surface area contributed by atoms with Crippen LogP contribution in [0.1, 0.15) is 28.9 Å². The number of nitro groups is 1. The van der Waals surface area contributed by atoms with E-state index in [2.05, 4.69) is 5.32 Å². The molecule has 0 saturated heterocycles. The third-order valence-electron chi connectivity index (χ3n) is 2.80. The zero-order chi connectivity index (χ0) is 14.7. The summed E-state index contributed by atoms with van der Waals surface area (Å²) in [4.78, 5) is 22.0. The normalized spacial score (nSPS) is 11.9. The predicted molar refractivity (Wildman–Crippen MR) is 73.3 cm³/mol. The van der Waals surface area contributed by atoms with Crippen LogP contribution in [0, 0.1) is 15.9 Å². The van der Waals surface area contributed by atoms with Crippen LogP contribution in [0.25, 0.3) is 0 Å². The molecule has 1 aromatic heterocycles. The van der Waals surface area contributed by atoms with Crippen molar-refractivity contribution in [2.75, 3.05) is 0 Å². The quantitative estimate of drug-likeness (QED) is 0.694. The van der Waals surface area contributed by atoms with Gasteiger partial charge in [0.15, 0.2) is 0 Å². The Bertz CT molecular complexity index is 643. The Hall–Kier alpha value is -2.28. The van der Waals surface area contributed by atoms with Crippen LogP contribution < -0.4 is 5.32 Å². The Morgan fingerprint density at radius 2 is 2.20 bits per heavy atom. The molecular weight excluding hydrogens is 283 g/mol. The lowest BCUT2D eigenvalue weighted by molar-refractivity contribution is -0.384. The number of carbonyl (C=O) groups is 1. The third kappa shape index (κ3) is 3.00. The molecular formula is C13H11FN2O3S. The standard InChI is InChI=1S/C13H11FN2O3S/c1-8(9-4-5-20-7-9)15-13(17)11-6-10(16(18)19)2-3-12(11)14/h2-8H,1H3,(H,15,17). The van der Waals surface area contributed by atoms with Gasteiger partial charge in [-0.3, -0.25) is 14.9 Å². The predicted octanol–water partition coefficient (Wildman–Crippen LogP) is 3.29. The highest BCUT2D eigenvalue weighted by Gasteiger charge is 2.18. The average molecular weight is 294 g/mol. The summed E-state index contributed by atoms with van der Waals surface area (Å²) in [7, 11) is 0. The van der Waals surface area contributed by atoms with Crippen LogP contribution in [0.15, 0.2) is 35.0 Å². The van der Waals surface area contributed by atoms with Crippen LogP contribution in [-0.2, 0) is 0 Å². The van der Waals surface area contributed by atoms with Gasteiger partial charge in [-0.2, -0.15) is 11.3 Å². The molecule has 0 bridgehead atoms. The van der Waals surface area contributed by atoms with E-state index in [-0.39, 0.29) is 17.3 Å². The SMILES string of the molecule is CC(NC(=O)c1cc([N+](=O)[O-])ccc1F)c1ccsc1. The smallest absolute Gasteiger partial charge is 0.270 e. The van der Waals surface area contributed by atoms with E-state index in [1.165, 1.54) is 11.3 Å². The number of hydrogen-bond acceptors (Lipinski definition) is 4. The summed E-state index contributed by atoms with van der Waals surface area (Å²) in [5.41, 5.74) is 0.246. The van der Waals surface area contributed by atoms with Gasteiger partial charge in [0.2, 0.25) is 0 Å². The number of carbonyl (C=O) groups excluding carboxylic acids is 1. The number of halogens is 1. The molecule has 1 heterocycles. The summed E-state index contributed by atoms with van der Waals surface area (Å²) in [5.74, 6) is -1.46. The summed E-state index contributed by atoms with van der Waals surface area (Å²) in [6.07, 6.45) is 0. The molecule has 1 atom stereocenters. The second-order valence-electron chi connectivity index (χ2n) is 4.17. The van der Waals surface area contributed by atoms with Crippen LogP contribution in [0.2, 0.25) is 0 Å². The summed E-state index contributed by atoms with van der Waals surface area (Å²) in [6.45, 7) is 1.76. The summed E-state index contributed by atoms with van der Waals surface area (Å²) in [5, 5.41) is 17.0. The van der Waals surface area contributed by atoms with E-state index in [0.29, 0.717) is 0 Å². The van der Waals surface area contributed by atoms with Crippen molar-refractivity contribution in [1.29, 1.82) is 0 Å². The lowest BCUT2D eigenvalue weighted by atomic mass is 10.1. The highest BCUT2D eigenvalue weighted by molar-refractivity contribution is 7.07. The molecule has 0 saturated carbocycles. The zero-order valence-corrected chi connectivity index (χ0v) is 11.3. The molecule has 0 radical (unpaired) electrons. The van der Waals surface area contributed by atoms with Crippen molar-refractivity contribution in [3.05, 3.63) is 62.1 Å². The van der Waals surface area contributed by atoms with Crippen molar-refractivity contribution in [2.24, 2.45) is 0 Å². The first-order valence-electron chi connectivity index (χ1n) is 5.76. The van der Waals surface area contributed by atoms with Crippen LogP contribution >= 0.6 is 11.3 Å². The van der Waals surface area contributed by atoms with E-state index in [0.717, 1.165) is 23.8 Å². The van der Waals surface area contributed by atoms with Gasteiger partial charge in [0, 0.05) is 12.1 Å². The van der Waals surface area contributed by atoms with Crippen molar-refractivity contribution in [2.45, 2.75) is 13.0 Å². The Morgan fingerprint density at radius 1 is 1.45 bits per heavy atom. The molecule has 2 aromatic rings. The van der Waals surface area contributed by atoms with Crippen LogP contribution in [0.3, 0.4) is 0 Å². The summed E-state index contributed by atoms with van der Waals surface area (Å²) >= 11 is 1.49. The molecule has 104 valence electrons. The number of nitrogens with zero attached hydrogens (tertiary/aromatic N) is 1. The molecule has 1 amide bonds. The number of rotatable bonds is 4. The molecule has 0 aliphatic rings. The molecule has 20 heavy (non-hydrogen) atoms. The van der Waals surface area contributed by atoms with Gasteiger partial charge in [0.05, 0.1) is 16.5 Å². The fraction of sp³-hybridized carbons (Fsp3) is 0.154. The first kappa shape index (κ1) is 14.1. The molecule has 1 aromatic carbocycles. The Labute approximate surface area is 118 Å². The third-order valence-corrected chi connectivity index (χ3v) is 3.50. The fourth-order valence-electron chi connectivity index (χ4n) is 1.68. The Kier molecular flexibility index (Phi) is 4.09. The van der Waals surface area contributed by atoms with Crippen molar-refractivity contribution in [1.82, 2.24) is 5.32 Å². The van der Waals surface area contributed by atoms with Gasteiger partial charge in [0.25, 0.3) is 11.6 Å². The maximum Gasteiger partial charge on any atom is 0.270 e. The Balaban J connectivity index is 2.20. The number of nitro benzene ring substituents is 1. The van der Waals surface area contributed by atoms with Crippen LogP contribution in [0.5, 0.6) is 0 Å². The first-order valence-corrected chi connectivity index (χ1v) is 6.70. The maximum absolute atomic E-state index is 13.6. The average Bonchev–Trinajstić information content (AvgIpc) is 2.92. The van der Waals surface area contributed by atoms with E-state index in [9.17, 15) is 19.3 Å². The Morgan fingerprint density at radius 3 is 2.80 bits per heavy atom. The van der Waals surface area contributed by atoms with E-state index in [1.54, 1.807) is 6.92 Å². The van der Waals surface area contributed by atoms with E-state index in [4.69, 9.17) is 0 Å². The van der Waals surface area contributed by atoms with Gasteiger partial charge in [-0.1, -0.05) is 0 Å². The number of nitrogens with one attached hydrogen (secondary N) is 1. The van der Waals surface area contributed by atoms with E-state index < -0.39 is 16.6 Å². The summed E-state index contributed by atoms with van der Waals surface area (Å²) in [6, 6.07) is 4.42. The van der Waals surface area contributed by atoms with E-state index in [1.807, 2.05) is 16.8 Å². The van der Waals surface area contributed by atoms with Gasteiger partial charge in [-0.25, -0.2) is 4.39 Å². The monoisotopic (exact) mass is 294 g/mol. The van der Waals surface area contributed by atoms with Crippen LogP contribution in [-0.4, -0.2) is 10.8 Å². The van der Waals surface area contributed by atoms with Crippen molar-refractivity contribution in [3.63, 3.8) is 0 Å². The van der Waals surface area contributed by atoms with Crippen molar-refractivity contribution in [3.8, 4) is 0 Å². The second kappa shape index (κ2) is 5.79. The van der Waals surface area contributed by atoms with Crippen LogP contribution in [0.4, 0.5) is 10.1 Å². The van der Waals surface area contributed by atoms with Gasteiger partial charge in [-0.05, 0) is 35.4 Å². The number of non-ortho nitro benzene ring substituents is 1. The topological polar surface area (TPSA) is 72.2 Å². The number of hydrogen-bond donors (Lipinski definition) is 1. The highest BCUT2D eigenvalue weighted by atomic mass is 32.1. The molecule has 0 spiro atoms. The van der Waals surface area contributed by atoms with Crippen molar-refractivity contribution < 1.29 is 14.1 Å². The van der Waals surface area contributed by atoms with Gasteiger partial charge in [0.1, 0.15) is 5.82 Å². The molecule has 0 fully saturated rings. The number of benzene rings is 1. The zero-order valence-electron chi connectivity index (χ0n) is 10.5. The molecule has 7 heteroatoms. The van der Waals surface area contributed by atoms with Gasteiger partial charge < -0.3 is 5.32 Å². The number of thiophene rings is 1. The van der Waals surface area contributed by atoms with Crippen molar-refractivity contribution >= 4 is 22.9 Å². The first-order chi connectivity index (χ1) is 9.49. The minimum atomic E-state index is -0.786. The molecule has 5 nitrogen and oxygen atoms in total. The van der Waals surface area contributed by atoms with Gasteiger partial charge in [-0.15, -0.1) is 0 Å². The van der Waals surface area contributed by atoms with E-state index >= 15 is 0 Å². The molecule has 0 aliphatic carbocycles. The largest absolute Gasteiger partial charge is 0.345 e. The molecule has 1 N–H and O–H groups in total. The minimum absolute atomic E-state index is 0.299. The minimum Gasteiger partial charge on any atom is -0.345 e. The molecule has 2 rings (SSSR count). The summed E-state index contributed by atoms with van der Waals surface area (Å²) < 4.78 is 13.6. The lowest BCUT2D eigenvalue weighted by Gasteiger charge is -2.12. The van der Waals surface area contributed by atoms with Gasteiger partial charge >= 0.3 is 0 Å². The fourth-order valence-corrected chi connectivity index (χ4v) is 2.43. The molecule has 0 aliphatic heterocycles. The lowest BCUT2D eigenvalue weighted by Crippen LogP contribution is -2.27.